The Labute approximate surface area is 189 Å². The predicted octanol–water partition coefficient (Wildman–Crippen LogP) is -3.66. The van der Waals surface area contributed by atoms with Gasteiger partial charge in [-0.2, -0.15) is 0 Å². The molecule has 0 aliphatic heterocycles. The summed E-state index contributed by atoms with van der Waals surface area (Å²) in [6.07, 6.45) is -1.90. The summed E-state index contributed by atoms with van der Waals surface area (Å²) >= 11 is 0. The molecule has 0 saturated carbocycles. The standard InChI is InChI=1S/C20H29N5O8/c1-10(27)16(22)19(31)24-12(7-11-5-3-2-4-6-11)17(29)23-13(8-15(21)28)18(30)25-14(9-26)20(32)33/h2-6,10,12-14,16,26-27H,7-9,22H2,1H3,(H2,21,28)(H,23,29)(H,24,31)(H,25,30)(H,32,33). The molecule has 0 bridgehead atoms. The third-order valence-corrected chi connectivity index (χ3v) is 4.57. The van der Waals surface area contributed by atoms with Crippen molar-refractivity contribution < 1.29 is 39.3 Å². The number of benzene rings is 1. The van der Waals surface area contributed by atoms with E-state index >= 15 is 0 Å². The zero-order valence-electron chi connectivity index (χ0n) is 17.9. The van der Waals surface area contributed by atoms with Crippen LogP contribution in [0.15, 0.2) is 30.3 Å². The summed E-state index contributed by atoms with van der Waals surface area (Å²) in [5.74, 6) is -5.29. The van der Waals surface area contributed by atoms with Gasteiger partial charge in [-0.15, -0.1) is 0 Å². The highest BCUT2D eigenvalue weighted by Gasteiger charge is 2.31. The molecule has 182 valence electrons. The van der Waals surface area contributed by atoms with E-state index in [1.165, 1.54) is 6.92 Å². The number of carbonyl (C=O) groups excluding carboxylic acids is 4. The number of hydrogen-bond donors (Lipinski definition) is 8. The lowest BCUT2D eigenvalue weighted by Crippen LogP contribution is -2.59. The number of aliphatic hydroxyl groups is 2. The minimum Gasteiger partial charge on any atom is -0.480 e. The second kappa shape index (κ2) is 13.1. The van der Waals surface area contributed by atoms with Crippen molar-refractivity contribution in [3.63, 3.8) is 0 Å². The number of carbonyl (C=O) groups is 5. The molecule has 0 fully saturated rings. The van der Waals surface area contributed by atoms with Gasteiger partial charge < -0.3 is 42.7 Å². The summed E-state index contributed by atoms with van der Waals surface area (Å²) in [5.41, 5.74) is 11.4. The molecule has 1 aromatic carbocycles. The van der Waals surface area contributed by atoms with Crippen LogP contribution in [0.25, 0.3) is 0 Å². The fourth-order valence-electron chi connectivity index (χ4n) is 2.69. The Morgan fingerprint density at radius 3 is 1.91 bits per heavy atom. The number of aliphatic hydroxyl groups excluding tert-OH is 2. The molecule has 0 aliphatic rings. The first kappa shape index (κ1) is 27.5. The highest BCUT2D eigenvalue weighted by Crippen LogP contribution is 2.06. The number of hydrogen-bond acceptors (Lipinski definition) is 8. The first-order valence-electron chi connectivity index (χ1n) is 9.96. The molecule has 0 aromatic heterocycles. The highest BCUT2D eigenvalue weighted by atomic mass is 16.4. The number of amides is 4. The molecule has 33 heavy (non-hydrogen) atoms. The topological polar surface area (TPSA) is 234 Å². The maximum atomic E-state index is 12.9. The lowest BCUT2D eigenvalue weighted by atomic mass is 10.0. The fourth-order valence-corrected chi connectivity index (χ4v) is 2.69. The van der Waals surface area contributed by atoms with Gasteiger partial charge in [0, 0.05) is 6.42 Å². The average molecular weight is 467 g/mol. The molecule has 0 aliphatic carbocycles. The fraction of sp³-hybridized carbons (Fsp3) is 0.450. The molecule has 0 spiro atoms. The van der Waals surface area contributed by atoms with Crippen molar-refractivity contribution in [2.45, 2.75) is 50.0 Å². The van der Waals surface area contributed by atoms with E-state index in [4.69, 9.17) is 21.7 Å². The smallest absolute Gasteiger partial charge is 0.328 e. The van der Waals surface area contributed by atoms with E-state index < -0.39 is 72.9 Å². The Hall–Kier alpha value is -3.55. The van der Waals surface area contributed by atoms with E-state index in [2.05, 4.69) is 10.6 Å². The van der Waals surface area contributed by atoms with Crippen molar-refractivity contribution in [2.75, 3.05) is 6.61 Å². The molecule has 4 amide bonds. The quantitative estimate of drug-likeness (QED) is 0.142. The lowest BCUT2D eigenvalue weighted by molar-refractivity contribution is -0.143. The minimum atomic E-state index is -1.67. The predicted molar refractivity (Wildman–Crippen MR) is 114 cm³/mol. The molecule has 5 unspecified atom stereocenters. The van der Waals surface area contributed by atoms with Gasteiger partial charge in [0.2, 0.25) is 23.6 Å². The van der Waals surface area contributed by atoms with E-state index in [1.54, 1.807) is 30.3 Å². The monoisotopic (exact) mass is 467 g/mol. The molecule has 10 N–H and O–H groups in total. The molecule has 13 nitrogen and oxygen atoms in total. The number of nitrogens with one attached hydrogen (secondary N) is 3. The maximum Gasteiger partial charge on any atom is 0.328 e. The average Bonchev–Trinajstić information content (AvgIpc) is 2.75. The summed E-state index contributed by atoms with van der Waals surface area (Å²) in [5, 5.41) is 34.3. The first-order chi connectivity index (χ1) is 15.5. The van der Waals surface area contributed by atoms with Crippen LogP contribution >= 0.6 is 0 Å². The molecular formula is C20H29N5O8. The van der Waals surface area contributed by atoms with Gasteiger partial charge in [-0.3, -0.25) is 19.2 Å². The van der Waals surface area contributed by atoms with Crippen LogP contribution in [-0.2, 0) is 30.4 Å². The number of carboxylic acid groups (broad SMARTS) is 1. The normalized spacial score (nSPS) is 15.3. The Morgan fingerprint density at radius 1 is 0.909 bits per heavy atom. The van der Waals surface area contributed by atoms with Crippen LogP contribution in [0.5, 0.6) is 0 Å². The summed E-state index contributed by atoms with van der Waals surface area (Å²) in [6.45, 7) is 0.367. The van der Waals surface area contributed by atoms with E-state index in [1.807, 2.05) is 5.32 Å². The Balaban J connectivity index is 3.09. The van der Waals surface area contributed by atoms with E-state index in [-0.39, 0.29) is 6.42 Å². The van der Waals surface area contributed by atoms with Gasteiger partial charge >= 0.3 is 5.97 Å². The molecule has 1 rings (SSSR count). The SMILES string of the molecule is CC(O)C(N)C(=O)NC(Cc1ccccc1)C(=O)NC(CC(N)=O)C(=O)NC(CO)C(=O)O. The number of nitrogens with two attached hydrogens (primary N) is 2. The van der Waals surface area contributed by atoms with Crippen molar-refractivity contribution in [3.8, 4) is 0 Å². The molecule has 0 heterocycles. The van der Waals surface area contributed by atoms with Gasteiger partial charge in [-0.05, 0) is 12.5 Å². The Morgan fingerprint density at radius 2 is 1.42 bits per heavy atom. The van der Waals surface area contributed by atoms with Crippen molar-refractivity contribution >= 4 is 29.6 Å². The van der Waals surface area contributed by atoms with E-state index in [9.17, 15) is 29.1 Å². The number of primary amides is 1. The second-order valence-electron chi connectivity index (χ2n) is 7.33. The van der Waals surface area contributed by atoms with Crippen molar-refractivity contribution in [3.05, 3.63) is 35.9 Å². The highest BCUT2D eigenvalue weighted by molar-refractivity contribution is 5.96. The zero-order valence-corrected chi connectivity index (χ0v) is 17.9. The maximum absolute atomic E-state index is 12.9. The molecule has 5 atom stereocenters. The molecular weight excluding hydrogens is 438 g/mol. The van der Waals surface area contributed by atoms with Crippen molar-refractivity contribution in [2.24, 2.45) is 11.5 Å². The van der Waals surface area contributed by atoms with Crippen molar-refractivity contribution in [1.82, 2.24) is 16.0 Å². The number of rotatable bonds is 13. The van der Waals surface area contributed by atoms with Crippen LogP contribution in [0.2, 0.25) is 0 Å². The van der Waals surface area contributed by atoms with Crippen LogP contribution in [0.3, 0.4) is 0 Å². The van der Waals surface area contributed by atoms with Gasteiger partial charge in [0.25, 0.3) is 0 Å². The summed E-state index contributed by atoms with van der Waals surface area (Å²) in [6, 6.07) is 2.69. The van der Waals surface area contributed by atoms with Crippen molar-refractivity contribution in [1.29, 1.82) is 0 Å². The number of carboxylic acids is 1. The first-order valence-corrected chi connectivity index (χ1v) is 9.96. The van der Waals surface area contributed by atoms with Gasteiger partial charge in [0.05, 0.1) is 19.1 Å². The van der Waals surface area contributed by atoms with E-state index in [0.29, 0.717) is 5.56 Å². The molecule has 1 aromatic rings. The second-order valence-corrected chi connectivity index (χ2v) is 7.33. The van der Waals surface area contributed by atoms with Gasteiger partial charge in [0.1, 0.15) is 24.2 Å². The third-order valence-electron chi connectivity index (χ3n) is 4.57. The molecule has 13 heteroatoms. The molecule has 0 saturated heterocycles. The summed E-state index contributed by atoms with van der Waals surface area (Å²) < 4.78 is 0. The zero-order chi connectivity index (χ0) is 25.1. The van der Waals surface area contributed by atoms with Gasteiger partial charge in [-0.25, -0.2) is 4.79 Å². The minimum absolute atomic E-state index is 0.0236. The Bertz CT molecular complexity index is 848. The van der Waals surface area contributed by atoms with Crippen LogP contribution in [-0.4, -0.2) is 81.8 Å². The van der Waals surface area contributed by atoms with Crippen LogP contribution in [0, 0.1) is 0 Å². The Kier molecular flexibility index (Phi) is 10.9. The van der Waals surface area contributed by atoms with Crippen LogP contribution in [0.4, 0.5) is 0 Å². The largest absolute Gasteiger partial charge is 0.480 e. The third kappa shape index (κ3) is 9.22. The van der Waals surface area contributed by atoms with Crippen LogP contribution < -0.4 is 27.4 Å². The van der Waals surface area contributed by atoms with E-state index in [0.717, 1.165) is 0 Å². The van der Waals surface area contributed by atoms with Gasteiger partial charge in [0.15, 0.2) is 0 Å². The molecule has 0 radical (unpaired) electrons. The van der Waals surface area contributed by atoms with Crippen LogP contribution in [0.1, 0.15) is 18.9 Å². The number of aliphatic carboxylic acids is 1. The summed E-state index contributed by atoms with van der Waals surface area (Å²) in [4.78, 5) is 60.1. The summed E-state index contributed by atoms with van der Waals surface area (Å²) in [7, 11) is 0. The lowest BCUT2D eigenvalue weighted by Gasteiger charge is -2.25. The van der Waals surface area contributed by atoms with Gasteiger partial charge in [-0.1, -0.05) is 30.3 Å².